The molecule has 0 saturated carbocycles. The van der Waals surface area contributed by atoms with E-state index in [1.807, 2.05) is 19.2 Å². The zero-order valence-electron chi connectivity index (χ0n) is 12.3. The summed E-state index contributed by atoms with van der Waals surface area (Å²) >= 11 is 1.54. The Balaban J connectivity index is 2.12. The molecule has 5 nitrogen and oxygen atoms in total. The van der Waals surface area contributed by atoms with Gasteiger partial charge in [0.25, 0.3) is 0 Å². The highest BCUT2D eigenvalue weighted by atomic mass is 32.2. The van der Waals surface area contributed by atoms with E-state index in [1.54, 1.807) is 19.1 Å². The molecule has 7 heteroatoms. The predicted octanol–water partition coefficient (Wildman–Crippen LogP) is 2.17. The van der Waals surface area contributed by atoms with Gasteiger partial charge in [0, 0.05) is 29.7 Å². The molecule has 0 aliphatic carbocycles. The Morgan fingerprint density at radius 3 is 2.62 bits per heavy atom. The van der Waals surface area contributed by atoms with Gasteiger partial charge in [-0.25, -0.2) is 18.1 Å². The van der Waals surface area contributed by atoms with E-state index in [-0.39, 0.29) is 4.90 Å². The third kappa shape index (κ3) is 3.81. The molecule has 0 aliphatic heterocycles. The predicted molar refractivity (Wildman–Crippen MR) is 86.1 cm³/mol. The molecule has 1 heterocycles. The van der Waals surface area contributed by atoms with Gasteiger partial charge in [-0.3, -0.25) is 0 Å². The third-order valence-corrected chi connectivity index (χ3v) is 5.75. The van der Waals surface area contributed by atoms with Crippen LogP contribution in [0.4, 0.5) is 5.69 Å². The zero-order valence-corrected chi connectivity index (χ0v) is 13.9. The van der Waals surface area contributed by atoms with Crippen molar-refractivity contribution in [1.29, 1.82) is 0 Å². The Hall–Kier alpha value is -1.44. The van der Waals surface area contributed by atoms with Crippen LogP contribution in [0.2, 0.25) is 0 Å². The van der Waals surface area contributed by atoms with E-state index >= 15 is 0 Å². The molecule has 0 bridgehead atoms. The average molecular weight is 325 g/mol. The van der Waals surface area contributed by atoms with Gasteiger partial charge >= 0.3 is 0 Å². The smallest absolute Gasteiger partial charge is 0.240 e. The van der Waals surface area contributed by atoms with Crippen LogP contribution in [0.5, 0.6) is 0 Å². The van der Waals surface area contributed by atoms with Gasteiger partial charge in [0.2, 0.25) is 10.0 Å². The summed E-state index contributed by atoms with van der Waals surface area (Å²) in [6.07, 6.45) is 0.581. The molecule has 0 saturated heterocycles. The number of rotatable bonds is 5. The summed E-state index contributed by atoms with van der Waals surface area (Å²) in [7, 11) is -3.55. The van der Waals surface area contributed by atoms with Crippen LogP contribution < -0.4 is 10.5 Å². The highest BCUT2D eigenvalue weighted by Gasteiger charge is 2.18. The van der Waals surface area contributed by atoms with Crippen molar-refractivity contribution in [2.45, 2.75) is 32.1 Å². The van der Waals surface area contributed by atoms with Gasteiger partial charge in [-0.15, -0.1) is 11.3 Å². The summed E-state index contributed by atoms with van der Waals surface area (Å²) in [4.78, 5) is 4.56. The fourth-order valence-corrected chi connectivity index (χ4v) is 4.18. The standard InChI is InChI=1S/C14H19N3O2S2/c1-9-6-12(15)11(3)13(7-9)21(18,19)16-5-4-14-17-10(2)8-20-14/h6-8,16H,4-5,15H2,1-3H3. The Labute approximate surface area is 129 Å². The molecule has 1 aromatic carbocycles. The molecule has 3 N–H and O–H groups in total. The topological polar surface area (TPSA) is 85.1 Å². The van der Waals surface area contributed by atoms with Crippen molar-refractivity contribution in [3.8, 4) is 0 Å². The number of nitrogen functional groups attached to an aromatic ring is 1. The van der Waals surface area contributed by atoms with Gasteiger partial charge in [-0.2, -0.15) is 0 Å². The number of hydrogen-bond acceptors (Lipinski definition) is 5. The van der Waals surface area contributed by atoms with Crippen molar-refractivity contribution in [3.05, 3.63) is 39.3 Å². The molecule has 2 rings (SSSR count). The van der Waals surface area contributed by atoms with E-state index in [9.17, 15) is 8.42 Å². The number of hydrogen-bond donors (Lipinski definition) is 2. The number of nitrogens with two attached hydrogens (primary N) is 1. The zero-order chi connectivity index (χ0) is 15.6. The highest BCUT2D eigenvalue weighted by molar-refractivity contribution is 7.89. The first kappa shape index (κ1) is 15.9. The summed E-state index contributed by atoms with van der Waals surface area (Å²) in [5.41, 5.74) is 8.70. The first-order valence-corrected chi connectivity index (χ1v) is 8.93. The van der Waals surface area contributed by atoms with Crippen molar-refractivity contribution in [2.24, 2.45) is 0 Å². The average Bonchev–Trinajstić information content (AvgIpc) is 2.79. The fourth-order valence-electron chi connectivity index (χ4n) is 2.02. The minimum absolute atomic E-state index is 0.246. The minimum Gasteiger partial charge on any atom is -0.398 e. The molecule has 0 spiro atoms. The number of benzene rings is 1. The number of aryl methyl sites for hydroxylation is 2. The second kappa shape index (κ2) is 6.13. The summed E-state index contributed by atoms with van der Waals surface area (Å²) in [5.74, 6) is 0. The molecule has 0 fully saturated rings. The van der Waals surface area contributed by atoms with Gasteiger partial charge in [-0.1, -0.05) is 0 Å². The highest BCUT2D eigenvalue weighted by Crippen LogP contribution is 2.22. The van der Waals surface area contributed by atoms with Crippen LogP contribution in [0.15, 0.2) is 22.4 Å². The molecular weight excluding hydrogens is 306 g/mol. The lowest BCUT2D eigenvalue weighted by molar-refractivity contribution is 0.581. The maximum absolute atomic E-state index is 12.4. The molecule has 21 heavy (non-hydrogen) atoms. The van der Waals surface area contributed by atoms with Crippen LogP contribution in [0.25, 0.3) is 0 Å². The largest absolute Gasteiger partial charge is 0.398 e. The quantitative estimate of drug-likeness (QED) is 0.825. The van der Waals surface area contributed by atoms with Gasteiger partial charge in [-0.05, 0) is 44.0 Å². The molecule has 114 valence electrons. The SMILES string of the molecule is Cc1cc(N)c(C)c(S(=O)(=O)NCCc2nc(C)cs2)c1. The van der Waals surface area contributed by atoms with Crippen molar-refractivity contribution in [2.75, 3.05) is 12.3 Å². The number of nitrogens with zero attached hydrogens (tertiary/aromatic N) is 1. The Morgan fingerprint density at radius 2 is 2.00 bits per heavy atom. The van der Waals surface area contributed by atoms with Crippen molar-refractivity contribution >= 4 is 27.0 Å². The molecule has 0 unspecified atom stereocenters. The first-order valence-electron chi connectivity index (χ1n) is 6.57. The molecule has 2 aromatic rings. The summed E-state index contributed by atoms with van der Waals surface area (Å²) < 4.78 is 27.4. The van der Waals surface area contributed by atoms with Crippen LogP contribution in [-0.2, 0) is 16.4 Å². The molecule has 0 amide bonds. The molecular formula is C14H19N3O2S2. The lowest BCUT2D eigenvalue weighted by Gasteiger charge is -2.11. The molecule has 0 aliphatic rings. The van der Waals surface area contributed by atoms with Crippen molar-refractivity contribution in [3.63, 3.8) is 0 Å². The summed E-state index contributed by atoms with van der Waals surface area (Å²) in [5, 5.41) is 2.88. The van der Waals surface area contributed by atoms with Crippen LogP contribution in [-0.4, -0.2) is 19.9 Å². The Kier molecular flexibility index (Phi) is 4.65. The van der Waals surface area contributed by atoms with Crippen LogP contribution in [0.3, 0.4) is 0 Å². The number of thiazole rings is 1. The van der Waals surface area contributed by atoms with Gasteiger partial charge in [0.1, 0.15) is 0 Å². The number of anilines is 1. The van der Waals surface area contributed by atoms with Crippen LogP contribution in [0.1, 0.15) is 21.8 Å². The molecule has 0 radical (unpaired) electrons. The van der Waals surface area contributed by atoms with E-state index in [2.05, 4.69) is 9.71 Å². The number of aromatic nitrogens is 1. The number of nitrogens with one attached hydrogen (secondary N) is 1. The summed E-state index contributed by atoms with van der Waals surface area (Å²) in [6.45, 7) is 5.78. The normalized spacial score (nSPS) is 11.8. The van der Waals surface area contributed by atoms with Crippen molar-refractivity contribution < 1.29 is 8.42 Å². The molecule has 1 aromatic heterocycles. The van der Waals surface area contributed by atoms with E-state index in [1.165, 1.54) is 11.3 Å². The summed E-state index contributed by atoms with van der Waals surface area (Å²) in [6, 6.07) is 3.41. The van der Waals surface area contributed by atoms with Crippen LogP contribution >= 0.6 is 11.3 Å². The van der Waals surface area contributed by atoms with E-state index in [0.29, 0.717) is 24.2 Å². The lowest BCUT2D eigenvalue weighted by Crippen LogP contribution is -2.27. The lowest BCUT2D eigenvalue weighted by atomic mass is 10.1. The van der Waals surface area contributed by atoms with Gasteiger partial charge in [0.05, 0.1) is 9.90 Å². The van der Waals surface area contributed by atoms with Gasteiger partial charge < -0.3 is 5.73 Å². The minimum atomic E-state index is -3.55. The molecule has 0 atom stereocenters. The van der Waals surface area contributed by atoms with Gasteiger partial charge in [0.15, 0.2) is 0 Å². The van der Waals surface area contributed by atoms with E-state index in [4.69, 9.17) is 5.73 Å². The van der Waals surface area contributed by atoms with Crippen LogP contribution in [0, 0.1) is 20.8 Å². The maximum atomic E-state index is 12.4. The van der Waals surface area contributed by atoms with E-state index in [0.717, 1.165) is 16.3 Å². The Bertz CT molecular complexity index is 752. The maximum Gasteiger partial charge on any atom is 0.240 e. The Morgan fingerprint density at radius 1 is 1.29 bits per heavy atom. The second-order valence-corrected chi connectivity index (χ2v) is 7.69. The first-order chi connectivity index (χ1) is 9.79. The third-order valence-electron chi connectivity index (χ3n) is 3.13. The van der Waals surface area contributed by atoms with Crippen molar-refractivity contribution in [1.82, 2.24) is 9.71 Å². The monoisotopic (exact) mass is 325 g/mol. The second-order valence-electron chi connectivity index (χ2n) is 5.01. The number of sulfonamides is 1. The van der Waals surface area contributed by atoms with E-state index < -0.39 is 10.0 Å². The fraction of sp³-hybridized carbons (Fsp3) is 0.357.